The van der Waals surface area contributed by atoms with Crippen molar-refractivity contribution in [3.05, 3.63) is 41.2 Å². The normalized spacial score (nSPS) is 15.3. The van der Waals surface area contributed by atoms with Crippen molar-refractivity contribution in [1.82, 2.24) is 9.97 Å². The number of piperidine rings is 1. The molecular formula is C17H19ClN4O2. The van der Waals surface area contributed by atoms with Gasteiger partial charge in [0.2, 0.25) is 0 Å². The van der Waals surface area contributed by atoms with Gasteiger partial charge in [-0.1, -0.05) is 11.6 Å². The molecule has 0 saturated carbocycles. The number of rotatable bonds is 4. The smallest absolute Gasteiger partial charge is 0.306 e. The molecule has 0 amide bonds. The minimum atomic E-state index is -0.710. The molecule has 126 valence electrons. The zero-order valence-electron chi connectivity index (χ0n) is 13.4. The van der Waals surface area contributed by atoms with Crippen LogP contribution in [0, 0.1) is 12.8 Å². The predicted octanol–water partition coefficient (Wildman–Crippen LogP) is 3.48. The summed E-state index contributed by atoms with van der Waals surface area (Å²) in [5, 5.41) is 13.0. The molecule has 0 spiro atoms. The molecule has 2 N–H and O–H groups in total. The molecule has 1 aromatic heterocycles. The van der Waals surface area contributed by atoms with Gasteiger partial charge in [0.05, 0.1) is 5.92 Å². The predicted molar refractivity (Wildman–Crippen MR) is 94.1 cm³/mol. The second kappa shape index (κ2) is 7.05. The van der Waals surface area contributed by atoms with E-state index in [1.54, 1.807) is 0 Å². The molecule has 0 radical (unpaired) electrons. The number of aromatic nitrogens is 2. The number of benzene rings is 1. The Morgan fingerprint density at radius 1 is 1.25 bits per heavy atom. The number of hydrogen-bond acceptors (Lipinski definition) is 5. The van der Waals surface area contributed by atoms with Crippen molar-refractivity contribution >= 4 is 34.9 Å². The fraction of sp³-hybridized carbons (Fsp3) is 0.353. The number of anilines is 3. The highest BCUT2D eigenvalue weighted by molar-refractivity contribution is 6.30. The lowest BCUT2D eigenvalue weighted by Crippen LogP contribution is -2.36. The number of aliphatic carboxylic acids is 1. The van der Waals surface area contributed by atoms with E-state index in [4.69, 9.17) is 16.7 Å². The summed E-state index contributed by atoms with van der Waals surface area (Å²) < 4.78 is 0. The molecule has 2 aromatic rings. The molecular weight excluding hydrogens is 328 g/mol. The van der Waals surface area contributed by atoms with Gasteiger partial charge in [0.25, 0.3) is 0 Å². The van der Waals surface area contributed by atoms with Crippen molar-refractivity contribution in [1.29, 1.82) is 0 Å². The number of nitrogens with one attached hydrogen (secondary N) is 1. The van der Waals surface area contributed by atoms with Crippen molar-refractivity contribution in [2.75, 3.05) is 23.3 Å². The van der Waals surface area contributed by atoms with Crippen molar-refractivity contribution in [3.8, 4) is 0 Å². The maximum Gasteiger partial charge on any atom is 0.306 e. The minimum absolute atomic E-state index is 0.254. The second-order valence-electron chi connectivity index (χ2n) is 5.89. The lowest BCUT2D eigenvalue weighted by atomic mass is 9.97. The van der Waals surface area contributed by atoms with Gasteiger partial charge in [-0.15, -0.1) is 0 Å². The summed E-state index contributed by atoms with van der Waals surface area (Å²) in [4.78, 5) is 22.1. The molecule has 2 heterocycles. The molecule has 7 heteroatoms. The van der Waals surface area contributed by atoms with Crippen molar-refractivity contribution in [2.24, 2.45) is 5.92 Å². The Hall–Kier alpha value is -2.34. The van der Waals surface area contributed by atoms with E-state index in [1.165, 1.54) is 0 Å². The number of carboxylic acid groups (broad SMARTS) is 1. The quantitative estimate of drug-likeness (QED) is 0.882. The zero-order valence-corrected chi connectivity index (χ0v) is 14.1. The molecule has 0 bridgehead atoms. The van der Waals surface area contributed by atoms with Gasteiger partial charge in [0.1, 0.15) is 17.5 Å². The average molecular weight is 347 g/mol. The van der Waals surface area contributed by atoms with E-state index in [-0.39, 0.29) is 5.92 Å². The molecule has 1 saturated heterocycles. The van der Waals surface area contributed by atoms with E-state index in [0.717, 1.165) is 11.5 Å². The van der Waals surface area contributed by atoms with Crippen LogP contribution in [0.4, 0.5) is 17.3 Å². The van der Waals surface area contributed by atoms with Crippen LogP contribution in [0.5, 0.6) is 0 Å². The van der Waals surface area contributed by atoms with Gasteiger partial charge in [0, 0.05) is 29.9 Å². The van der Waals surface area contributed by atoms with Crippen molar-refractivity contribution in [3.63, 3.8) is 0 Å². The number of halogens is 1. The van der Waals surface area contributed by atoms with E-state index >= 15 is 0 Å². The van der Waals surface area contributed by atoms with Crippen LogP contribution in [0.3, 0.4) is 0 Å². The van der Waals surface area contributed by atoms with Gasteiger partial charge >= 0.3 is 5.97 Å². The van der Waals surface area contributed by atoms with E-state index in [2.05, 4.69) is 20.2 Å². The molecule has 6 nitrogen and oxygen atoms in total. The standard InChI is InChI=1S/C17H19ClN4O2/c1-11-19-15(21-14-4-2-13(18)3-5-14)10-16(20-11)22-8-6-12(7-9-22)17(23)24/h2-5,10,12H,6-9H2,1H3,(H,23,24)(H,19,20,21). The monoisotopic (exact) mass is 346 g/mol. The van der Waals surface area contributed by atoms with E-state index < -0.39 is 5.97 Å². The van der Waals surface area contributed by atoms with Gasteiger partial charge in [-0.2, -0.15) is 0 Å². The Morgan fingerprint density at radius 3 is 2.54 bits per heavy atom. The van der Waals surface area contributed by atoms with Crippen LogP contribution in [0.15, 0.2) is 30.3 Å². The molecule has 1 aromatic carbocycles. The summed E-state index contributed by atoms with van der Waals surface area (Å²) in [6.07, 6.45) is 1.27. The number of hydrogen-bond donors (Lipinski definition) is 2. The summed E-state index contributed by atoms with van der Waals surface area (Å²) in [5.74, 6) is 1.24. The molecule has 0 aliphatic carbocycles. The van der Waals surface area contributed by atoms with Crippen LogP contribution in [0.2, 0.25) is 5.02 Å². The van der Waals surface area contributed by atoms with E-state index in [1.807, 2.05) is 37.3 Å². The molecule has 0 atom stereocenters. The first kappa shape index (κ1) is 16.5. The number of carboxylic acids is 1. The van der Waals surface area contributed by atoms with Crippen molar-refractivity contribution < 1.29 is 9.90 Å². The van der Waals surface area contributed by atoms with Crippen LogP contribution in [0.25, 0.3) is 0 Å². The third-order valence-corrected chi connectivity index (χ3v) is 4.36. The Bertz CT molecular complexity index is 728. The summed E-state index contributed by atoms with van der Waals surface area (Å²) in [6.45, 7) is 3.22. The third kappa shape index (κ3) is 3.94. The largest absolute Gasteiger partial charge is 0.481 e. The molecule has 1 fully saturated rings. The third-order valence-electron chi connectivity index (χ3n) is 4.11. The maximum atomic E-state index is 11.1. The van der Waals surface area contributed by atoms with Gasteiger partial charge in [-0.05, 0) is 44.0 Å². The summed E-state index contributed by atoms with van der Waals surface area (Å²) in [5.41, 5.74) is 0.896. The first-order valence-electron chi connectivity index (χ1n) is 7.87. The van der Waals surface area contributed by atoms with Gasteiger partial charge in [0.15, 0.2) is 0 Å². The first-order valence-corrected chi connectivity index (χ1v) is 8.25. The molecule has 3 rings (SSSR count). The van der Waals surface area contributed by atoms with Crippen LogP contribution in [-0.4, -0.2) is 34.1 Å². The van der Waals surface area contributed by atoms with Gasteiger partial charge in [-0.25, -0.2) is 9.97 Å². The first-order chi connectivity index (χ1) is 11.5. The fourth-order valence-electron chi connectivity index (χ4n) is 2.81. The highest BCUT2D eigenvalue weighted by atomic mass is 35.5. The molecule has 24 heavy (non-hydrogen) atoms. The lowest BCUT2D eigenvalue weighted by Gasteiger charge is -2.31. The molecule has 0 unspecified atom stereocenters. The highest BCUT2D eigenvalue weighted by Gasteiger charge is 2.25. The zero-order chi connectivity index (χ0) is 17.1. The van der Waals surface area contributed by atoms with Gasteiger partial charge in [-0.3, -0.25) is 4.79 Å². The Kier molecular flexibility index (Phi) is 4.85. The SMILES string of the molecule is Cc1nc(Nc2ccc(Cl)cc2)cc(N2CCC(C(=O)O)CC2)n1. The van der Waals surface area contributed by atoms with Crippen LogP contribution in [0.1, 0.15) is 18.7 Å². The number of nitrogens with zero attached hydrogens (tertiary/aromatic N) is 3. The average Bonchev–Trinajstić information content (AvgIpc) is 2.56. The molecule has 1 aliphatic heterocycles. The Labute approximate surface area is 145 Å². The van der Waals surface area contributed by atoms with Crippen LogP contribution < -0.4 is 10.2 Å². The number of carbonyl (C=O) groups is 1. The lowest BCUT2D eigenvalue weighted by molar-refractivity contribution is -0.142. The Balaban J connectivity index is 1.74. The minimum Gasteiger partial charge on any atom is -0.481 e. The summed E-state index contributed by atoms with van der Waals surface area (Å²) in [6, 6.07) is 9.29. The number of aryl methyl sites for hydroxylation is 1. The Morgan fingerprint density at radius 2 is 1.92 bits per heavy atom. The van der Waals surface area contributed by atoms with E-state index in [0.29, 0.717) is 42.6 Å². The van der Waals surface area contributed by atoms with E-state index in [9.17, 15) is 4.79 Å². The second-order valence-corrected chi connectivity index (χ2v) is 6.33. The summed E-state index contributed by atoms with van der Waals surface area (Å²) >= 11 is 5.90. The van der Waals surface area contributed by atoms with Crippen LogP contribution in [-0.2, 0) is 4.79 Å². The highest BCUT2D eigenvalue weighted by Crippen LogP contribution is 2.25. The topological polar surface area (TPSA) is 78.4 Å². The summed E-state index contributed by atoms with van der Waals surface area (Å²) in [7, 11) is 0. The van der Waals surface area contributed by atoms with Crippen molar-refractivity contribution in [2.45, 2.75) is 19.8 Å². The fourth-order valence-corrected chi connectivity index (χ4v) is 2.94. The van der Waals surface area contributed by atoms with Gasteiger partial charge < -0.3 is 15.3 Å². The molecule has 1 aliphatic rings. The maximum absolute atomic E-state index is 11.1. The van der Waals surface area contributed by atoms with Crippen LogP contribution >= 0.6 is 11.6 Å².